The quantitative estimate of drug-likeness (QED) is 0.814. The smallest absolute Gasteiger partial charge is 0.303 e. The van der Waals surface area contributed by atoms with Gasteiger partial charge in [0, 0.05) is 25.1 Å². The van der Waals surface area contributed by atoms with Crippen molar-refractivity contribution in [2.24, 2.45) is 0 Å². The minimum absolute atomic E-state index is 0.142. The SMILES string of the molecule is CC(C)N(CCCC(=O)O)C1CCOC2(CCCC2)C1. The van der Waals surface area contributed by atoms with Gasteiger partial charge in [0.1, 0.15) is 0 Å². The van der Waals surface area contributed by atoms with Crippen LogP contribution in [0.5, 0.6) is 0 Å². The Bertz CT molecular complexity index is 324. The second kappa shape index (κ2) is 6.90. The van der Waals surface area contributed by atoms with E-state index in [0.717, 1.165) is 32.4 Å². The van der Waals surface area contributed by atoms with Crippen LogP contribution >= 0.6 is 0 Å². The molecule has 4 heteroatoms. The Labute approximate surface area is 122 Å². The molecule has 1 aliphatic heterocycles. The van der Waals surface area contributed by atoms with Crippen molar-refractivity contribution in [3.8, 4) is 0 Å². The van der Waals surface area contributed by atoms with Crippen LogP contribution in [-0.2, 0) is 9.53 Å². The molecule has 1 N–H and O–H groups in total. The lowest BCUT2D eigenvalue weighted by molar-refractivity contribution is -0.137. The van der Waals surface area contributed by atoms with Gasteiger partial charge in [0.05, 0.1) is 5.60 Å². The van der Waals surface area contributed by atoms with Gasteiger partial charge in [-0.3, -0.25) is 9.69 Å². The average Bonchev–Trinajstić information content (AvgIpc) is 2.82. The normalized spacial score (nSPS) is 25.7. The third-order valence-electron chi connectivity index (χ3n) is 4.92. The van der Waals surface area contributed by atoms with Crippen LogP contribution in [0.2, 0.25) is 0 Å². The molecule has 1 spiro atoms. The fraction of sp³-hybridized carbons (Fsp3) is 0.938. The molecule has 1 atom stereocenters. The fourth-order valence-electron chi connectivity index (χ4n) is 3.93. The molecule has 2 aliphatic rings. The highest BCUT2D eigenvalue weighted by molar-refractivity contribution is 5.66. The van der Waals surface area contributed by atoms with Crippen LogP contribution in [0.1, 0.15) is 65.2 Å². The van der Waals surface area contributed by atoms with Crippen molar-refractivity contribution in [1.29, 1.82) is 0 Å². The maximum absolute atomic E-state index is 10.7. The van der Waals surface area contributed by atoms with Gasteiger partial charge in [0.25, 0.3) is 0 Å². The molecule has 1 aliphatic carbocycles. The molecular formula is C16H29NO3. The Morgan fingerprint density at radius 2 is 2.10 bits per heavy atom. The molecule has 0 amide bonds. The summed E-state index contributed by atoms with van der Waals surface area (Å²) in [5.74, 6) is -0.687. The topological polar surface area (TPSA) is 49.8 Å². The molecule has 1 unspecified atom stereocenters. The molecule has 0 radical (unpaired) electrons. The van der Waals surface area contributed by atoms with Crippen LogP contribution in [-0.4, -0.2) is 46.8 Å². The molecule has 116 valence electrons. The van der Waals surface area contributed by atoms with Crippen LogP contribution < -0.4 is 0 Å². The minimum atomic E-state index is -0.687. The first-order valence-corrected chi connectivity index (χ1v) is 8.14. The molecule has 0 aromatic carbocycles. The van der Waals surface area contributed by atoms with Crippen molar-refractivity contribution in [3.63, 3.8) is 0 Å². The van der Waals surface area contributed by atoms with Crippen LogP contribution in [0, 0.1) is 0 Å². The summed E-state index contributed by atoms with van der Waals surface area (Å²) in [6.07, 6.45) is 8.27. The van der Waals surface area contributed by atoms with Gasteiger partial charge in [-0.1, -0.05) is 12.8 Å². The molecule has 4 nitrogen and oxygen atoms in total. The largest absolute Gasteiger partial charge is 0.481 e. The van der Waals surface area contributed by atoms with Gasteiger partial charge in [0.15, 0.2) is 0 Å². The second-order valence-corrected chi connectivity index (χ2v) is 6.71. The van der Waals surface area contributed by atoms with E-state index in [2.05, 4.69) is 18.7 Å². The van der Waals surface area contributed by atoms with E-state index in [-0.39, 0.29) is 12.0 Å². The van der Waals surface area contributed by atoms with E-state index in [1.165, 1.54) is 25.7 Å². The lowest BCUT2D eigenvalue weighted by Crippen LogP contribution is -2.50. The van der Waals surface area contributed by atoms with E-state index in [4.69, 9.17) is 9.84 Å². The number of aliphatic carboxylic acids is 1. The predicted molar refractivity (Wildman–Crippen MR) is 78.9 cm³/mol. The van der Waals surface area contributed by atoms with Gasteiger partial charge in [-0.25, -0.2) is 0 Å². The standard InChI is InChI=1S/C16H29NO3/c1-13(2)17(10-5-6-15(18)19)14-7-11-20-16(12-14)8-3-4-9-16/h13-14H,3-12H2,1-2H3,(H,18,19). The molecule has 2 rings (SSSR count). The number of hydrogen-bond acceptors (Lipinski definition) is 3. The van der Waals surface area contributed by atoms with E-state index in [0.29, 0.717) is 12.1 Å². The Morgan fingerprint density at radius 1 is 1.40 bits per heavy atom. The lowest BCUT2D eigenvalue weighted by atomic mass is 9.87. The first-order valence-electron chi connectivity index (χ1n) is 8.14. The summed E-state index contributed by atoms with van der Waals surface area (Å²) in [6, 6.07) is 1.04. The third kappa shape index (κ3) is 3.95. The second-order valence-electron chi connectivity index (χ2n) is 6.71. The molecular weight excluding hydrogens is 254 g/mol. The highest BCUT2D eigenvalue weighted by Gasteiger charge is 2.41. The molecule has 2 fully saturated rings. The number of carboxylic acids is 1. The number of hydrogen-bond donors (Lipinski definition) is 1. The van der Waals surface area contributed by atoms with Gasteiger partial charge in [-0.15, -0.1) is 0 Å². The third-order valence-corrected chi connectivity index (χ3v) is 4.92. The molecule has 20 heavy (non-hydrogen) atoms. The van der Waals surface area contributed by atoms with Crippen molar-refractivity contribution < 1.29 is 14.6 Å². The molecule has 1 heterocycles. The van der Waals surface area contributed by atoms with Crippen LogP contribution in [0.4, 0.5) is 0 Å². The zero-order valence-corrected chi connectivity index (χ0v) is 12.9. The number of carboxylic acid groups (broad SMARTS) is 1. The summed E-state index contributed by atoms with van der Waals surface area (Å²) < 4.78 is 6.11. The van der Waals surface area contributed by atoms with Crippen molar-refractivity contribution in [2.45, 2.75) is 82.9 Å². The van der Waals surface area contributed by atoms with Crippen molar-refractivity contribution in [2.75, 3.05) is 13.2 Å². The molecule has 1 saturated heterocycles. The van der Waals surface area contributed by atoms with Crippen LogP contribution in [0.3, 0.4) is 0 Å². The highest BCUT2D eigenvalue weighted by Crippen LogP contribution is 2.41. The zero-order valence-electron chi connectivity index (χ0n) is 12.9. The average molecular weight is 283 g/mol. The summed E-state index contributed by atoms with van der Waals surface area (Å²) in [7, 11) is 0. The first kappa shape index (κ1) is 15.8. The summed E-state index contributed by atoms with van der Waals surface area (Å²) >= 11 is 0. The summed E-state index contributed by atoms with van der Waals surface area (Å²) in [5.41, 5.74) is 0.142. The fourth-order valence-corrected chi connectivity index (χ4v) is 3.93. The van der Waals surface area contributed by atoms with Gasteiger partial charge in [-0.2, -0.15) is 0 Å². The highest BCUT2D eigenvalue weighted by atomic mass is 16.5. The van der Waals surface area contributed by atoms with E-state index in [1.807, 2.05) is 0 Å². The predicted octanol–water partition coefficient (Wildman–Crippen LogP) is 3.05. The number of ether oxygens (including phenoxy) is 1. The zero-order chi connectivity index (χ0) is 14.6. The van der Waals surface area contributed by atoms with E-state index >= 15 is 0 Å². The first-order chi connectivity index (χ1) is 9.52. The van der Waals surface area contributed by atoms with Crippen molar-refractivity contribution in [1.82, 2.24) is 4.90 Å². The maximum Gasteiger partial charge on any atom is 0.303 e. The van der Waals surface area contributed by atoms with Gasteiger partial charge < -0.3 is 9.84 Å². The van der Waals surface area contributed by atoms with E-state index < -0.39 is 5.97 Å². The maximum atomic E-state index is 10.7. The minimum Gasteiger partial charge on any atom is -0.481 e. The molecule has 0 aromatic heterocycles. The molecule has 1 saturated carbocycles. The van der Waals surface area contributed by atoms with Gasteiger partial charge in [0.2, 0.25) is 0 Å². The Hall–Kier alpha value is -0.610. The molecule has 0 bridgehead atoms. The van der Waals surface area contributed by atoms with Crippen LogP contribution in [0.15, 0.2) is 0 Å². The van der Waals surface area contributed by atoms with E-state index in [9.17, 15) is 4.79 Å². The lowest BCUT2D eigenvalue weighted by Gasteiger charge is -2.44. The Morgan fingerprint density at radius 3 is 2.70 bits per heavy atom. The summed E-state index contributed by atoms with van der Waals surface area (Å²) in [5, 5.41) is 8.80. The van der Waals surface area contributed by atoms with E-state index in [1.54, 1.807) is 0 Å². The Kier molecular flexibility index (Phi) is 5.44. The molecule has 0 aromatic rings. The number of nitrogens with zero attached hydrogens (tertiary/aromatic N) is 1. The number of rotatable bonds is 6. The van der Waals surface area contributed by atoms with Crippen molar-refractivity contribution >= 4 is 5.97 Å². The Balaban J connectivity index is 1.92. The van der Waals surface area contributed by atoms with Crippen LogP contribution in [0.25, 0.3) is 0 Å². The van der Waals surface area contributed by atoms with Gasteiger partial charge >= 0.3 is 5.97 Å². The summed E-state index contributed by atoms with van der Waals surface area (Å²) in [6.45, 7) is 6.20. The van der Waals surface area contributed by atoms with Gasteiger partial charge in [-0.05, 0) is 52.5 Å². The number of carbonyl (C=O) groups is 1. The van der Waals surface area contributed by atoms with Crippen molar-refractivity contribution in [3.05, 3.63) is 0 Å². The summed E-state index contributed by atoms with van der Waals surface area (Å²) in [4.78, 5) is 13.2. The monoisotopic (exact) mass is 283 g/mol.